The zero-order valence-electron chi connectivity index (χ0n) is 13.7. The Labute approximate surface area is 152 Å². The van der Waals surface area contributed by atoms with E-state index in [1.165, 1.54) is 0 Å². The smallest absolute Gasteiger partial charge is 0.162 e. The molecule has 0 fully saturated rings. The summed E-state index contributed by atoms with van der Waals surface area (Å²) < 4.78 is 7.18. The number of nitrogens with zero attached hydrogens (tertiary/aromatic N) is 5. The summed E-state index contributed by atoms with van der Waals surface area (Å²) in [5.74, 6) is 1.58. The highest BCUT2D eigenvalue weighted by Gasteiger charge is 2.12. The highest BCUT2D eigenvalue weighted by Crippen LogP contribution is 2.33. The number of fused-ring (bicyclic) bond motifs is 1. The predicted molar refractivity (Wildman–Crippen MR) is 100.0 cm³/mol. The monoisotopic (exact) mass is 369 g/mol. The van der Waals surface area contributed by atoms with Gasteiger partial charge in [-0.05, 0) is 12.1 Å². The summed E-state index contributed by atoms with van der Waals surface area (Å²) in [5.41, 5.74) is 2.87. The third kappa shape index (κ3) is 3.10. The highest BCUT2D eigenvalue weighted by atomic mass is 32.2. The SMILES string of the molecule is COc1ccccc1-c1nc(CSc2ncnc3c2cnn3C)cs1. The third-order valence-electron chi connectivity index (χ3n) is 3.74. The second-order valence-corrected chi connectivity index (χ2v) is 7.14. The van der Waals surface area contributed by atoms with Crippen molar-refractivity contribution in [3.05, 3.63) is 47.9 Å². The minimum Gasteiger partial charge on any atom is -0.496 e. The Morgan fingerprint density at radius 1 is 1.24 bits per heavy atom. The molecule has 0 saturated carbocycles. The van der Waals surface area contributed by atoms with Crippen molar-refractivity contribution in [1.82, 2.24) is 24.7 Å². The molecule has 0 radical (unpaired) electrons. The van der Waals surface area contributed by atoms with Gasteiger partial charge in [0.2, 0.25) is 0 Å². The van der Waals surface area contributed by atoms with Crippen LogP contribution in [-0.4, -0.2) is 31.8 Å². The molecule has 1 aromatic carbocycles. The van der Waals surface area contributed by atoms with E-state index in [2.05, 4.69) is 20.4 Å². The molecule has 126 valence electrons. The van der Waals surface area contributed by atoms with Gasteiger partial charge in [0.15, 0.2) is 5.65 Å². The molecule has 0 N–H and O–H groups in total. The van der Waals surface area contributed by atoms with E-state index in [1.807, 2.05) is 31.3 Å². The highest BCUT2D eigenvalue weighted by molar-refractivity contribution is 7.98. The molecule has 0 atom stereocenters. The van der Waals surface area contributed by atoms with Crippen molar-refractivity contribution in [3.8, 4) is 16.3 Å². The van der Waals surface area contributed by atoms with E-state index < -0.39 is 0 Å². The number of thiazole rings is 1. The molecule has 3 aromatic heterocycles. The van der Waals surface area contributed by atoms with Crippen LogP contribution in [0.25, 0.3) is 21.6 Å². The topological polar surface area (TPSA) is 65.7 Å². The van der Waals surface area contributed by atoms with E-state index in [9.17, 15) is 0 Å². The molecular formula is C17H15N5OS2. The lowest BCUT2D eigenvalue weighted by Crippen LogP contribution is -1.93. The normalized spacial score (nSPS) is 11.1. The maximum atomic E-state index is 5.42. The number of para-hydroxylation sites is 1. The van der Waals surface area contributed by atoms with Gasteiger partial charge in [-0.2, -0.15) is 5.10 Å². The van der Waals surface area contributed by atoms with Gasteiger partial charge in [0.1, 0.15) is 22.1 Å². The Morgan fingerprint density at radius 3 is 3.00 bits per heavy atom. The van der Waals surface area contributed by atoms with Crippen molar-refractivity contribution in [2.24, 2.45) is 7.05 Å². The number of ether oxygens (including phenoxy) is 1. The molecule has 0 amide bonds. The fourth-order valence-corrected chi connectivity index (χ4v) is 4.32. The van der Waals surface area contributed by atoms with Gasteiger partial charge in [0.05, 0.1) is 30.0 Å². The van der Waals surface area contributed by atoms with Crippen molar-refractivity contribution in [2.45, 2.75) is 10.8 Å². The summed E-state index contributed by atoms with van der Waals surface area (Å²) in [6, 6.07) is 7.93. The van der Waals surface area contributed by atoms with Gasteiger partial charge in [0, 0.05) is 18.2 Å². The van der Waals surface area contributed by atoms with Crippen LogP contribution in [0.15, 0.2) is 47.2 Å². The zero-order valence-corrected chi connectivity index (χ0v) is 15.3. The van der Waals surface area contributed by atoms with E-state index in [0.717, 1.165) is 43.8 Å². The molecule has 4 aromatic rings. The average Bonchev–Trinajstić information content (AvgIpc) is 3.27. The first-order valence-electron chi connectivity index (χ1n) is 7.59. The number of hydrogen-bond donors (Lipinski definition) is 0. The maximum absolute atomic E-state index is 5.42. The quantitative estimate of drug-likeness (QED) is 0.394. The van der Waals surface area contributed by atoms with Crippen molar-refractivity contribution in [2.75, 3.05) is 7.11 Å². The van der Waals surface area contributed by atoms with Crippen molar-refractivity contribution in [3.63, 3.8) is 0 Å². The molecule has 0 saturated heterocycles. The van der Waals surface area contributed by atoms with Crippen LogP contribution in [0.3, 0.4) is 0 Å². The first-order valence-corrected chi connectivity index (χ1v) is 9.46. The minimum absolute atomic E-state index is 0.743. The van der Waals surface area contributed by atoms with Gasteiger partial charge >= 0.3 is 0 Å². The molecule has 0 aliphatic rings. The third-order valence-corrected chi connectivity index (χ3v) is 5.70. The lowest BCUT2D eigenvalue weighted by atomic mass is 10.2. The Balaban J connectivity index is 1.55. The number of aromatic nitrogens is 5. The van der Waals surface area contributed by atoms with Crippen LogP contribution < -0.4 is 4.74 Å². The first-order chi connectivity index (χ1) is 12.3. The summed E-state index contributed by atoms with van der Waals surface area (Å²) in [7, 11) is 3.56. The fourth-order valence-electron chi connectivity index (χ4n) is 2.52. The summed E-state index contributed by atoms with van der Waals surface area (Å²) in [4.78, 5) is 13.4. The molecule has 4 rings (SSSR count). The largest absolute Gasteiger partial charge is 0.496 e. The second-order valence-electron chi connectivity index (χ2n) is 5.32. The average molecular weight is 369 g/mol. The predicted octanol–water partition coefficient (Wildman–Crippen LogP) is 3.79. The van der Waals surface area contributed by atoms with Crippen LogP contribution in [-0.2, 0) is 12.8 Å². The fraction of sp³-hybridized carbons (Fsp3) is 0.176. The molecule has 0 spiro atoms. The maximum Gasteiger partial charge on any atom is 0.162 e. The van der Waals surface area contributed by atoms with Crippen LogP contribution in [0.1, 0.15) is 5.69 Å². The number of hydrogen-bond acceptors (Lipinski definition) is 7. The number of thioether (sulfide) groups is 1. The van der Waals surface area contributed by atoms with Crippen LogP contribution in [0.4, 0.5) is 0 Å². The van der Waals surface area contributed by atoms with E-state index in [-0.39, 0.29) is 0 Å². The molecule has 0 aliphatic heterocycles. The second kappa shape index (κ2) is 6.81. The summed E-state index contributed by atoms with van der Waals surface area (Å²) in [6.07, 6.45) is 3.38. The summed E-state index contributed by atoms with van der Waals surface area (Å²) in [6.45, 7) is 0. The minimum atomic E-state index is 0.743. The van der Waals surface area contributed by atoms with E-state index in [0.29, 0.717) is 0 Å². The van der Waals surface area contributed by atoms with Gasteiger partial charge in [-0.3, -0.25) is 4.68 Å². The van der Waals surface area contributed by atoms with Gasteiger partial charge in [-0.1, -0.05) is 23.9 Å². The standard InChI is InChI=1S/C17H15N5OS2/c1-22-15-13(7-20-22)16(19-10-18-15)24-8-11-9-25-17(21-11)12-5-3-4-6-14(12)23-2/h3-7,9-10H,8H2,1-2H3. The van der Waals surface area contributed by atoms with Crippen LogP contribution in [0, 0.1) is 0 Å². The molecule has 25 heavy (non-hydrogen) atoms. The molecule has 0 aliphatic carbocycles. The molecular weight excluding hydrogens is 354 g/mol. The summed E-state index contributed by atoms with van der Waals surface area (Å²) >= 11 is 3.26. The zero-order chi connectivity index (χ0) is 17.2. The molecule has 0 unspecified atom stereocenters. The molecule has 3 heterocycles. The van der Waals surface area contributed by atoms with Crippen LogP contribution >= 0.6 is 23.1 Å². The lowest BCUT2D eigenvalue weighted by Gasteiger charge is -2.04. The Morgan fingerprint density at radius 2 is 2.12 bits per heavy atom. The van der Waals surface area contributed by atoms with Gasteiger partial charge in [0.25, 0.3) is 0 Å². The molecule has 0 bridgehead atoms. The number of benzene rings is 1. The Kier molecular flexibility index (Phi) is 4.37. The number of aryl methyl sites for hydroxylation is 1. The number of methoxy groups -OCH3 is 1. The van der Waals surface area contributed by atoms with E-state index in [4.69, 9.17) is 9.72 Å². The van der Waals surface area contributed by atoms with Gasteiger partial charge in [-0.15, -0.1) is 11.3 Å². The van der Waals surface area contributed by atoms with Crippen molar-refractivity contribution < 1.29 is 4.74 Å². The van der Waals surface area contributed by atoms with Gasteiger partial charge in [-0.25, -0.2) is 15.0 Å². The lowest BCUT2D eigenvalue weighted by molar-refractivity contribution is 0.416. The molecule has 8 heteroatoms. The number of rotatable bonds is 5. The summed E-state index contributed by atoms with van der Waals surface area (Å²) in [5, 5.41) is 9.18. The van der Waals surface area contributed by atoms with Crippen LogP contribution in [0.2, 0.25) is 0 Å². The Bertz CT molecular complexity index is 1030. The van der Waals surface area contributed by atoms with Crippen molar-refractivity contribution in [1.29, 1.82) is 0 Å². The van der Waals surface area contributed by atoms with Crippen molar-refractivity contribution >= 4 is 34.1 Å². The molecule has 6 nitrogen and oxygen atoms in total. The van der Waals surface area contributed by atoms with Gasteiger partial charge < -0.3 is 4.74 Å². The van der Waals surface area contributed by atoms with Crippen LogP contribution in [0.5, 0.6) is 5.75 Å². The van der Waals surface area contributed by atoms with E-state index in [1.54, 1.807) is 47.4 Å². The first kappa shape index (κ1) is 16.0. The van der Waals surface area contributed by atoms with E-state index >= 15 is 0 Å². The Hall–Kier alpha value is -2.45.